The van der Waals surface area contributed by atoms with E-state index < -0.39 is 9.84 Å². The number of hydrogen-bond donors (Lipinski definition) is 0. The lowest BCUT2D eigenvalue weighted by atomic mass is 10.5. The molecule has 0 radical (unpaired) electrons. The Kier molecular flexibility index (Phi) is 4.08. The van der Waals surface area contributed by atoms with Crippen LogP contribution < -0.4 is 4.74 Å². The average molecular weight is 229 g/mol. The number of sulfone groups is 1. The van der Waals surface area contributed by atoms with Crippen molar-refractivity contribution in [2.45, 2.75) is 19.1 Å². The second-order valence-electron chi connectivity index (χ2n) is 3.45. The Labute approximate surface area is 90.2 Å². The van der Waals surface area contributed by atoms with Crippen molar-refractivity contribution in [1.82, 2.24) is 4.98 Å². The van der Waals surface area contributed by atoms with E-state index in [9.17, 15) is 8.42 Å². The van der Waals surface area contributed by atoms with Gasteiger partial charge < -0.3 is 4.74 Å². The zero-order chi connectivity index (χ0) is 11.3. The van der Waals surface area contributed by atoms with Crippen LogP contribution in [0, 0.1) is 0 Å². The second kappa shape index (κ2) is 5.11. The number of pyridine rings is 1. The van der Waals surface area contributed by atoms with Crippen LogP contribution in [0.2, 0.25) is 0 Å². The van der Waals surface area contributed by atoms with Crippen LogP contribution in [0.1, 0.15) is 13.8 Å². The molecule has 4 nitrogen and oxygen atoms in total. The fraction of sp³-hybridized carbons (Fsp3) is 0.500. The Morgan fingerprint density at radius 2 is 2.20 bits per heavy atom. The van der Waals surface area contributed by atoms with Crippen LogP contribution in [0.4, 0.5) is 0 Å². The zero-order valence-corrected chi connectivity index (χ0v) is 9.70. The number of hydrogen-bond acceptors (Lipinski definition) is 4. The lowest BCUT2D eigenvalue weighted by Gasteiger charge is -2.08. The molecule has 0 aliphatic carbocycles. The molecule has 0 fully saturated rings. The van der Waals surface area contributed by atoms with E-state index in [1.165, 1.54) is 0 Å². The van der Waals surface area contributed by atoms with Crippen molar-refractivity contribution in [3.8, 4) is 5.75 Å². The maximum Gasteiger partial charge on any atom is 0.155 e. The van der Waals surface area contributed by atoms with Gasteiger partial charge in [-0.2, -0.15) is 0 Å². The van der Waals surface area contributed by atoms with E-state index in [1.54, 1.807) is 38.4 Å². The molecule has 0 bridgehead atoms. The van der Waals surface area contributed by atoms with Gasteiger partial charge in [0.25, 0.3) is 0 Å². The molecule has 1 heterocycles. The lowest BCUT2D eigenvalue weighted by molar-refractivity contribution is 0.339. The van der Waals surface area contributed by atoms with E-state index in [4.69, 9.17) is 4.74 Å². The zero-order valence-electron chi connectivity index (χ0n) is 8.88. The number of aromatic nitrogens is 1. The molecule has 84 valence electrons. The fourth-order valence-corrected chi connectivity index (χ4v) is 1.73. The van der Waals surface area contributed by atoms with E-state index in [0.717, 1.165) is 0 Å². The van der Waals surface area contributed by atoms with Gasteiger partial charge in [-0.25, -0.2) is 8.42 Å². The van der Waals surface area contributed by atoms with Crippen LogP contribution in [0.15, 0.2) is 24.5 Å². The smallest absolute Gasteiger partial charge is 0.155 e. The van der Waals surface area contributed by atoms with E-state index in [-0.39, 0.29) is 17.6 Å². The third-order valence-electron chi connectivity index (χ3n) is 1.99. The van der Waals surface area contributed by atoms with Gasteiger partial charge in [0.2, 0.25) is 0 Å². The van der Waals surface area contributed by atoms with Gasteiger partial charge in [0.15, 0.2) is 9.84 Å². The highest BCUT2D eigenvalue weighted by Crippen LogP contribution is 2.07. The van der Waals surface area contributed by atoms with Crippen molar-refractivity contribution in [2.75, 3.05) is 12.4 Å². The molecule has 1 aromatic heterocycles. The Morgan fingerprint density at radius 1 is 1.47 bits per heavy atom. The third-order valence-corrected chi connectivity index (χ3v) is 4.16. The van der Waals surface area contributed by atoms with Crippen LogP contribution in [0.3, 0.4) is 0 Å². The minimum atomic E-state index is -3.01. The number of rotatable bonds is 5. The summed E-state index contributed by atoms with van der Waals surface area (Å²) in [4.78, 5) is 3.86. The SMILES string of the molecule is CC(C)S(=O)(=O)CCOc1cccnc1. The van der Waals surface area contributed by atoms with Gasteiger partial charge in [0.1, 0.15) is 12.4 Å². The highest BCUT2D eigenvalue weighted by Gasteiger charge is 2.15. The molecule has 1 aromatic rings. The first-order valence-corrected chi connectivity index (χ1v) is 6.48. The minimum Gasteiger partial charge on any atom is -0.491 e. The van der Waals surface area contributed by atoms with Crippen molar-refractivity contribution in [2.24, 2.45) is 0 Å². The van der Waals surface area contributed by atoms with E-state index >= 15 is 0 Å². The van der Waals surface area contributed by atoms with Crippen molar-refractivity contribution >= 4 is 9.84 Å². The van der Waals surface area contributed by atoms with E-state index in [1.807, 2.05) is 0 Å². The Balaban J connectivity index is 2.41. The summed E-state index contributed by atoms with van der Waals surface area (Å²) >= 11 is 0. The maximum atomic E-state index is 11.4. The maximum absolute atomic E-state index is 11.4. The lowest BCUT2D eigenvalue weighted by Crippen LogP contribution is -2.22. The highest BCUT2D eigenvalue weighted by atomic mass is 32.2. The van der Waals surface area contributed by atoms with Gasteiger partial charge in [-0.3, -0.25) is 4.98 Å². The summed E-state index contributed by atoms with van der Waals surface area (Å²) in [7, 11) is -3.01. The average Bonchev–Trinajstić information content (AvgIpc) is 2.19. The molecule has 0 saturated carbocycles. The van der Waals surface area contributed by atoms with Gasteiger partial charge in [0, 0.05) is 6.20 Å². The summed E-state index contributed by atoms with van der Waals surface area (Å²) in [6, 6.07) is 3.49. The standard InChI is InChI=1S/C10H15NO3S/c1-9(2)15(12,13)7-6-14-10-4-3-5-11-8-10/h3-5,8-9H,6-7H2,1-2H3. The molecule has 0 aromatic carbocycles. The first-order chi connectivity index (χ1) is 7.02. The Morgan fingerprint density at radius 3 is 2.73 bits per heavy atom. The normalized spacial score (nSPS) is 11.7. The second-order valence-corrected chi connectivity index (χ2v) is 6.13. The van der Waals surface area contributed by atoms with E-state index in [0.29, 0.717) is 5.75 Å². The molecule has 5 heteroatoms. The molecule has 0 aliphatic heterocycles. The monoisotopic (exact) mass is 229 g/mol. The molecule has 0 spiro atoms. The molecule has 0 unspecified atom stereocenters. The van der Waals surface area contributed by atoms with Crippen molar-refractivity contribution in [3.05, 3.63) is 24.5 Å². The summed E-state index contributed by atoms with van der Waals surface area (Å²) in [5.41, 5.74) is 0. The summed E-state index contributed by atoms with van der Waals surface area (Å²) in [5.74, 6) is 0.635. The Hall–Kier alpha value is -1.10. The van der Waals surface area contributed by atoms with E-state index in [2.05, 4.69) is 4.98 Å². The Bertz CT molecular complexity index is 386. The summed E-state index contributed by atoms with van der Waals surface area (Å²) in [5, 5.41) is -0.352. The van der Waals surface area contributed by atoms with Crippen LogP contribution in [-0.4, -0.2) is 31.0 Å². The number of nitrogens with zero attached hydrogens (tertiary/aromatic N) is 1. The molecule has 15 heavy (non-hydrogen) atoms. The largest absolute Gasteiger partial charge is 0.491 e. The summed E-state index contributed by atoms with van der Waals surface area (Å²) in [6.45, 7) is 3.50. The van der Waals surface area contributed by atoms with Crippen LogP contribution in [0.25, 0.3) is 0 Å². The van der Waals surface area contributed by atoms with Gasteiger partial charge in [-0.15, -0.1) is 0 Å². The van der Waals surface area contributed by atoms with Gasteiger partial charge in [-0.1, -0.05) is 0 Å². The molecular weight excluding hydrogens is 214 g/mol. The van der Waals surface area contributed by atoms with Gasteiger partial charge in [0.05, 0.1) is 17.2 Å². The first kappa shape index (κ1) is 12.0. The predicted octanol–water partition coefficient (Wildman–Crippen LogP) is 1.28. The predicted molar refractivity (Wildman–Crippen MR) is 58.7 cm³/mol. The quantitative estimate of drug-likeness (QED) is 0.763. The molecular formula is C10H15NO3S. The van der Waals surface area contributed by atoms with Crippen molar-refractivity contribution < 1.29 is 13.2 Å². The topological polar surface area (TPSA) is 56.3 Å². The summed E-state index contributed by atoms with van der Waals surface area (Å²) in [6.07, 6.45) is 3.19. The number of ether oxygens (including phenoxy) is 1. The molecule has 0 atom stereocenters. The molecule has 0 aliphatic rings. The van der Waals surface area contributed by atoms with Crippen molar-refractivity contribution in [3.63, 3.8) is 0 Å². The van der Waals surface area contributed by atoms with Crippen LogP contribution in [-0.2, 0) is 9.84 Å². The molecule has 0 saturated heterocycles. The van der Waals surface area contributed by atoms with Crippen LogP contribution in [0.5, 0.6) is 5.75 Å². The minimum absolute atomic E-state index is 0.0412. The fourth-order valence-electron chi connectivity index (χ4n) is 0.944. The summed E-state index contributed by atoms with van der Waals surface area (Å²) < 4.78 is 28.1. The van der Waals surface area contributed by atoms with Crippen LogP contribution >= 0.6 is 0 Å². The molecule has 0 amide bonds. The molecule has 0 N–H and O–H groups in total. The van der Waals surface area contributed by atoms with Gasteiger partial charge >= 0.3 is 0 Å². The highest BCUT2D eigenvalue weighted by molar-refractivity contribution is 7.91. The third kappa shape index (κ3) is 3.87. The van der Waals surface area contributed by atoms with Gasteiger partial charge in [-0.05, 0) is 26.0 Å². The van der Waals surface area contributed by atoms with Crippen molar-refractivity contribution in [1.29, 1.82) is 0 Å². The first-order valence-electron chi connectivity index (χ1n) is 4.77. The molecule has 1 rings (SSSR count).